The first kappa shape index (κ1) is 19.4. The number of nitrogens with two attached hydrogens (primary N) is 1. The van der Waals surface area contributed by atoms with E-state index in [1.165, 1.54) is 0 Å². The normalized spacial score (nSPS) is 13.1. The van der Waals surface area contributed by atoms with Crippen molar-refractivity contribution < 1.29 is 19.1 Å². The van der Waals surface area contributed by atoms with Crippen LogP contribution in [-0.4, -0.2) is 43.0 Å². The van der Waals surface area contributed by atoms with Gasteiger partial charge in [-0.15, -0.1) is 0 Å². The molecule has 7 heteroatoms. The van der Waals surface area contributed by atoms with E-state index >= 15 is 0 Å². The lowest BCUT2D eigenvalue weighted by atomic mass is 10.1. The quantitative estimate of drug-likeness (QED) is 0.391. The van der Waals surface area contributed by atoms with Crippen molar-refractivity contribution in [2.24, 2.45) is 5.73 Å². The molecule has 0 spiro atoms. The highest BCUT2D eigenvalue weighted by Gasteiger charge is 2.15. The topological polar surface area (TPSA) is 111 Å². The summed E-state index contributed by atoms with van der Waals surface area (Å²) in [6, 6.07) is -1.12. The maximum atomic E-state index is 11.6. The van der Waals surface area contributed by atoms with Crippen LogP contribution in [0.3, 0.4) is 0 Å². The molecule has 4 N–H and O–H groups in total. The molecule has 0 rings (SSSR count). The van der Waals surface area contributed by atoms with Gasteiger partial charge in [-0.1, -0.05) is 6.42 Å². The number of nitrogens with one attached hydrogen (secondary N) is 2. The van der Waals surface area contributed by atoms with Gasteiger partial charge in [0, 0.05) is 13.0 Å². The molecule has 0 fully saturated rings. The van der Waals surface area contributed by atoms with E-state index in [1.54, 1.807) is 20.8 Å². The van der Waals surface area contributed by atoms with Crippen LogP contribution in [0.2, 0.25) is 0 Å². The molecule has 2 unspecified atom stereocenters. The summed E-state index contributed by atoms with van der Waals surface area (Å²) in [5.41, 5.74) is 5.41. The number of rotatable bonds is 10. The van der Waals surface area contributed by atoms with E-state index in [2.05, 4.69) is 10.6 Å². The Bertz CT molecular complexity index is 345. The second kappa shape index (κ2) is 11.1. The molecule has 0 bridgehead atoms. The monoisotopic (exact) mass is 301 g/mol. The van der Waals surface area contributed by atoms with Crippen LogP contribution in [0.1, 0.15) is 46.5 Å². The zero-order valence-electron chi connectivity index (χ0n) is 13.1. The van der Waals surface area contributed by atoms with E-state index in [0.29, 0.717) is 26.0 Å². The van der Waals surface area contributed by atoms with E-state index in [4.69, 9.17) is 10.5 Å². The van der Waals surface area contributed by atoms with Crippen LogP contribution in [0.4, 0.5) is 0 Å². The first-order valence-corrected chi connectivity index (χ1v) is 7.37. The highest BCUT2D eigenvalue weighted by Crippen LogP contribution is 2.00. The second-order valence-corrected chi connectivity index (χ2v) is 4.93. The smallest absolute Gasteiger partial charge is 0.328 e. The van der Waals surface area contributed by atoms with Gasteiger partial charge in [0.2, 0.25) is 11.8 Å². The Morgan fingerprint density at radius 3 is 2.38 bits per heavy atom. The molecule has 7 nitrogen and oxygen atoms in total. The first-order valence-electron chi connectivity index (χ1n) is 7.37. The molecular weight excluding hydrogens is 274 g/mol. The molecule has 0 aromatic rings. The summed E-state index contributed by atoms with van der Waals surface area (Å²) in [4.78, 5) is 34.1. The van der Waals surface area contributed by atoms with Gasteiger partial charge in [0.05, 0.1) is 12.6 Å². The molecule has 0 aliphatic heterocycles. The number of esters is 1. The fourth-order valence-electron chi connectivity index (χ4n) is 1.60. The van der Waals surface area contributed by atoms with E-state index in [0.717, 1.165) is 12.8 Å². The third-order valence-electron chi connectivity index (χ3n) is 2.81. The Hall–Kier alpha value is -1.63. The molecular formula is C14H27N3O4. The summed E-state index contributed by atoms with van der Waals surface area (Å²) in [7, 11) is 0. The number of amides is 2. The molecule has 0 aromatic heterocycles. The minimum absolute atomic E-state index is 0.170. The fraction of sp³-hybridized carbons (Fsp3) is 0.786. The van der Waals surface area contributed by atoms with Crippen molar-refractivity contribution >= 4 is 17.8 Å². The van der Waals surface area contributed by atoms with Gasteiger partial charge in [-0.05, 0) is 33.6 Å². The van der Waals surface area contributed by atoms with E-state index in [-0.39, 0.29) is 11.8 Å². The molecule has 0 heterocycles. The Morgan fingerprint density at radius 2 is 1.81 bits per heavy atom. The van der Waals surface area contributed by atoms with Crippen molar-refractivity contribution in [2.45, 2.75) is 58.5 Å². The van der Waals surface area contributed by atoms with Gasteiger partial charge in [0.15, 0.2) is 0 Å². The summed E-state index contributed by atoms with van der Waals surface area (Å²) in [5, 5.41) is 5.29. The highest BCUT2D eigenvalue weighted by molar-refractivity contribution is 5.84. The van der Waals surface area contributed by atoms with Gasteiger partial charge < -0.3 is 21.1 Å². The summed E-state index contributed by atoms with van der Waals surface area (Å²) in [5.74, 6) is -0.768. The lowest BCUT2D eigenvalue weighted by molar-refractivity contribution is -0.146. The van der Waals surface area contributed by atoms with Crippen molar-refractivity contribution in [1.29, 1.82) is 0 Å². The molecule has 0 saturated heterocycles. The highest BCUT2D eigenvalue weighted by atomic mass is 16.5. The maximum Gasteiger partial charge on any atom is 0.328 e. The average Bonchev–Trinajstić information content (AvgIpc) is 2.42. The van der Waals surface area contributed by atoms with Gasteiger partial charge in [-0.2, -0.15) is 0 Å². The van der Waals surface area contributed by atoms with E-state index < -0.39 is 18.1 Å². The number of carbonyl (C=O) groups excluding carboxylic acids is 3. The van der Waals surface area contributed by atoms with Crippen LogP contribution < -0.4 is 16.4 Å². The zero-order valence-corrected chi connectivity index (χ0v) is 13.1. The zero-order chi connectivity index (χ0) is 16.3. The standard InChI is InChI=1S/C14H27N3O4/c1-4-21-14(20)11(3)17-12(18)8-6-5-7-9-16-13(19)10(2)15/h10-11H,4-9,15H2,1-3H3,(H,16,19)(H,17,18). The second-order valence-electron chi connectivity index (χ2n) is 4.93. The number of ether oxygens (including phenoxy) is 1. The van der Waals surface area contributed by atoms with Crippen molar-refractivity contribution in [3.8, 4) is 0 Å². The Balaban J connectivity index is 3.62. The molecule has 0 aromatic carbocycles. The summed E-state index contributed by atoms with van der Waals surface area (Å²) >= 11 is 0. The fourth-order valence-corrected chi connectivity index (χ4v) is 1.60. The Morgan fingerprint density at radius 1 is 1.14 bits per heavy atom. The third-order valence-corrected chi connectivity index (χ3v) is 2.81. The van der Waals surface area contributed by atoms with E-state index in [1.807, 2.05) is 0 Å². The van der Waals surface area contributed by atoms with Crippen LogP contribution in [0.15, 0.2) is 0 Å². The van der Waals surface area contributed by atoms with Gasteiger partial charge in [-0.25, -0.2) is 4.79 Å². The largest absolute Gasteiger partial charge is 0.464 e. The number of unbranched alkanes of at least 4 members (excludes halogenated alkanes) is 2. The molecule has 0 aliphatic rings. The Labute approximate surface area is 126 Å². The van der Waals surface area contributed by atoms with Crippen LogP contribution in [-0.2, 0) is 19.1 Å². The van der Waals surface area contributed by atoms with Gasteiger partial charge in [-0.3, -0.25) is 9.59 Å². The lowest BCUT2D eigenvalue weighted by Crippen LogP contribution is -2.39. The first-order chi connectivity index (χ1) is 9.88. The number of hydrogen-bond acceptors (Lipinski definition) is 5. The van der Waals surface area contributed by atoms with Crippen LogP contribution in [0, 0.1) is 0 Å². The van der Waals surface area contributed by atoms with Crippen molar-refractivity contribution in [1.82, 2.24) is 10.6 Å². The third kappa shape index (κ3) is 9.84. The minimum Gasteiger partial charge on any atom is -0.464 e. The molecule has 2 amide bonds. The van der Waals surface area contributed by atoms with Gasteiger partial charge in [0.25, 0.3) is 0 Å². The maximum absolute atomic E-state index is 11.6. The van der Waals surface area contributed by atoms with Crippen molar-refractivity contribution in [3.63, 3.8) is 0 Å². The molecule has 0 saturated carbocycles. The SMILES string of the molecule is CCOC(=O)C(C)NC(=O)CCCCCNC(=O)C(C)N. The molecule has 2 atom stereocenters. The molecule has 21 heavy (non-hydrogen) atoms. The number of carbonyl (C=O) groups is 3. The molecule has 0 radical (unpaired) electrons. The van der Waals surface area contributed by atoms with Crippen molar-refractivity contribution in [3.05, 3.63) is 0 Å². The van der Waals surface area contributed by atoms with Crippen molar-refractivity contribution in [2.75, 3.05) is 13.2 Å². The lowest BCUT2D eigenvalue weighted by Gasteiger charge is -2.12. The molecule has 0 aliphatic carbocycles. The molecule has 122 valence electrons. The van der Waals surface area contributed by atoms with Crippen LogP contribution in [0.5, 0.6) is 0 Å². The predicted molar refractivity (Wildman–Crippen MR) is 79.4 cm³/mol. The summed E-state index contributed by atoms with van der Waals surface area (Å²) < 4.78 is 4.80. The van der Waals surface area contributed by atoms with Gasteiger partial charge in [0.1, 0.15) is 6.04 Å². The van der Waals surface area contributed by atoms with Crippen LogP contribution in [0.25, 0.3) is 0 Å². The minimum atomic E-state index is -0.622. The van der Waals surface area contributed by atoms with Gasteiger partial charge >= 0.3 is 5.97 Å². The summed E-state index contributed by atoms with van der Waals surface area (Å²) in [6.45, 7) is 5.80. The average molecular weight is 301 g/mol. The van der Waals surface area contributed by atoms with Crippen LogP contribution >= 0.6 is 0 Å². The summed E-state index contributed by atoms with van der Waals surface area (Å²) in [6.07, 6.45) is 2.67. The predicted octanol–water partition coefficient (Wildman–Crippen LogP) is 0.0780. The van der Waals surface area contributed by atoms with E-state index in [9.17, 15) is 14.4 Å². The Kier molecular flexibility index (Phi) is 10.2. The number of hydrogen-bond donors (Lipinski definition) is 3.